The molecule has 2 N–H and O–H groups in total. The van der Waals surface area contributed by atoms with Crippen LogP contribution in [-0.4, -0.2) is 22.2 Å². The Balaban J connectivity index is 2.49. The van der Waals surface area contributed by atoms with Crippen molar-refractivity contribution >= 4 is 34.7 Å². The molecule has 1 aliphatic carbocycles. The molecule has 26 heavy (non-hydrogen) atoms. The smallest absolute Gasteiger partial charge is 0.330 e. The Kier molecular flexibility index (Phi) is 4.63. The Morgan fingerprint density at radius 1 is 0.962 bits per heavy atom. The Labute approximate surface area is 156 Å². The second-order valence-electron chi connectivity index (χ2n) is 6.27. The first-order valence-corrected chi connectivity index (χ1v) is 8.86. The number of rotatable bonds is 5. The van der Waals surface area contributed by atoms with E-state index in [1.807, 2.05) is 19.9 Å². The van der Waals surface area contributed by atoms with Gasteiger partial charge in [-0.1, -0.05) is 55.8 Å². The van der Waals surface area contributed by atoms with Crippen LogP contribution in [0.2, 0.25) is 5.02 Å². The van der Waals surface area contributed by atoms with Crippen LogP contribution in [0.25, 0.3) is 11.1 Å². The van der Waals surface area contributed by atoms with Crippen LogP contribution in [0.3, 0.4) is 0 Å². The van der Waals surface area contributed by atoms with Gasteiger partial charge in [0.2, 0.25) is 5.41 Å². The minimum atomic E-state index is -2.13. The molecule has 1 aliphatic rings. The lowest BCUT2D eigenvalue weighted by Gasteiger charge is -2.25. The lowest BCUT2D eigenvalue weighted by Crippen LogP contribution is -2.43. The number of carboxylic acid groups (broad SMARTS) is 2. The first-order valence-electron chi connectivity index (χ1n) is 8.48. The third-order valence-corrected chi connectivity index (χ3v) is 5.29. The zero-order valence-corrected chi connectivity index (χ0v) is 15.3. The van der Waals surface area contributed by atoms with Crippen molar-refractivity contribution in [2.75, 3.05) is 0 Å². The first kappa shape index (κ1) is 18.2. The fourth-order valence-electron chi connectivity index (χ4n) is 3.95. The molecule has 0 saturated carbocycles. The van der Waals surface area contributed by atoms with E-state index in [0.717, 1.165) is 16.7 Å². The molecule has 0 amide bonds. The zero-order chi connectivity index (χ0) is 19.1. The van der Waals surface area contributed by atoms with Gasteiger partial charge >= 0.3 is 11.9 Å². The summed E-state index contributed by atoms with van der Waals surface area (Å²) in [6.45, 7) is 3.90. The first-order chi connectivity index (χ1) is 12.4. The number of halogens is 1. The lowest BCUT2D eigenvalue weighted by atomic mass is 9.74. The summed E-state index contributed by atoms with van der Waals surface area (Å²) in [7, 11) is 0. The third kappa shape index (κ3) is 2.36. The highest BCUT2D eigenvalue weighted by Crippen LogP contribution is 2.53. The molecule has 0 aliphatic heterocycles. The van der Waals surface area contributed by atoms with E-state index >= 15 is 0 Å². The standard InChI is InChI=1S/C21H19ClO4/c1-3-12-6-5-7-16-17(12)15(4-2)18(13-8-10-14(22)11-9-13)21(16,19(23)24)20(25)26/h5-11H,3-4H2,1-2H3,(H,23,24)(H,25,26). The second kappa shape index (κ2) is 6.61. The van der Waals surface area contributed by atoms with Gasteiger partial charge in [0, 0.05) is 5.02 Å². The average molecular weight is 371 g/mol. The normalized spacial score (nSPS) is 15.0. The van der Waals surface area contributed by atoms with Crippen LogP contribution in [0.4, 0.5) is 0 Å². The Morgan fingerprint density at radius 3 is 2.08 bits per heavy atom. The highest BCUT2D eigenvalue weighted by molar-refractivity contribution is 6.31. The molecule has 4 nitrogen and oxygen atoms in total. The molecule has 0 unspecified atom stereocenters. The fourth-order valence-corrected chi connectivity index (χ4v) is 4.07. The van der Waals surface area contributed by atoms with E-state index in [1.165, 1.54) is 0 Å². The van der Waals surface area contributed by atoms with Crippen molar-refractivity contribution in [2.45, 2.75) is 32.1 Å². The van der Waals surface area contributed by atoms with E-state index in [4.69, 9.17) is 11.6 Å². The summed E-state index contributed by atoms with van der Waals surface area (Å²) >= 11 is 5.97. The molecule has 0 atom stereocenters. The third-order valence-electron chi connectivity index (χ3n) is 5.04. The lowest BCUT2D eigenvalue weighted by molar-refractivity contribution is -0.153. The van der Waals surface area contributed by atoms with Crippen molar-refractivity contribution in [1.29, 1.82) is 0 Å². The van der Waals surface area contributed by atoms with Gasteiger partial charge in [-0.3, -0.25) is 9.59 Å². The number of aliphatic carboxylic acids is 2. The largest absolute Gasteiger partial charge is 0.480 e. The number of hydrogen-bond donors (Lipinski definition) is 2. The summed E-state index contributed by atoms with van der Waals surface area (Å²) in [6, 6.07) is 11.9. The minimum Gasteiger partial charge on any atom is -0.480 e. The molecule has 2 aromatic carbocycles. The number of allylic oxidation sites excluding steroid dienone is 1. The quantitative estimate of drug-likeness (QED) is 0.751. The number of aryl methyl sites for hydroxylation is 1. The van der Waals surface area contributed by atoms with E-state index in [2.05, 4.69) is 0 Å². The minimum absolute atomic E-state index is 0.326. The van der Waals surface area contributed by atoms with Crippen LogP contribution >= 0.6 is 11.6 Å². The predicted molar refractivity (Wildman–Crippen MR) is 101 cm³/mol. The molecular weight excluding hydrogens is 352 g/mol. The van der Waals surface area contributed by atoms with Gasteiger partial charge in [-0.15, -0.1) is 0 Å². The summed E-state index contributed by atoms with van der Waals surface area (Å²) in [6.07, 6.45) is 1.22. The summed E-state index contributed by atoms with van der Waals surface area (Å²) < 4.78 is 0. The molecule has 3 rings (SSSR count). The maximum atomic E-state index is 12.4. The number of carboxylic acids is 2. The molecule has 0 radical (unpaired) electrons. The summed E-state index contributed by atoms with van der Waals surface area (Å²) in [4.78, 5) is 24.8. The predicted octanol–water partition coefficient (Wildman–Crippen LogP) is 4.64. The van der Waals surface area contributed by atoms with Crippen LogP contribution in [0.5, 0.6) is 0 Å². The molecule has 0 fully saturated rings. The van der Waals surface area contributed by atoms with Crippen molar-refractivity contribution in [2.24, 2.45) is 0 Å². The number of fused-ring (bicyclic) bond motifs is 1. The Morgan fingerprint density at radius 2 is 1.58 bits per heavy atom. The number of benzene rings is 2. The van der Waals surface area contributed by atoms with Crippen molar-refractivity contribution < 1.29 is 19.8 Å². The topological polar surface area (TPSA) is 74.6 Å². The highest BCUT2D eigenvalue weighted by Gasteiger charge is 2.57. The van der Waals surface area contributed by atoms with E-state index in [1.54, 1.807) is 36.4 Å². The van der Waals surface area contributed by atoms with Gasteiger partial charge in [-0.25, -0.2) is 0 Å². The molecule has 0 saturated heterocycles. The zero-order valence-electron chi connectivity index (χ0n) is 14.5. The van der Waals surface area contributed by atoms with Gasteiger partial charge in [0.1, 0.15) is 0 Å². The van der Waals surface area contributed by atoms with Crippen LogP contribution in [-0.2, 0) is 21.4 Å². The molecule has 134 valence electrons. The van der Waals surface area contributed by atoms with Gasteiger partial charge in [-0.05, 0) is 58.4 Å². The maximum absolute atomic E-state index is 12.4. The Hall–Kier alpha value is -2.59. The van der Waals surface area contributed by atoms with E-state index in [-0.39, 0.29) is 0 Å². The van der Waals surface area contributed by atoms with Gasteiger partial charge in [0.15, 0.2) is 0 Å². The van der Waals surface area contributed by atoms with E-state index < -0.39 is 17.4 Å². The fraction of sp³-hybridized carbons (Fsp3) is 0.238. The van der Waals surface area contributed by atoms with Crippen LogP contribution in [0.15, 0.2) is 42.5 Å². The second-order valence-corrected chi connectivity index (χ2v) is 6.70. The molecule has 0 bridgehead atoms. The monoisotopic (exact) mass is 370 g/mol. The SMILES string of the molecule is CCC1=C(c2ccc(Cl)cc2)C(C(=O)O)(C(=O)O)c2cccc(CC)c21. The molecular formula is C21H19ClO4. The molecule has 5 heteroatoms. The van der Waals surface area contributed by atoms with Gasteiger partial charge < -0.3 is 10.2 Å². The average Bonchev–Trinajstić information content (AvgIpc) is 2.93. The van der Waals surface area contributed by atoms with Crippen molar-refractivity contribution in [3.63, 3.8) is 0 Å². The van der Waals surface area contributed by atoms with Crippen molar-refractivity contribution in [3.05, 3.63) is 69.7 Å². The van der Waals surface area contributed by atoms with Crippen molar-refractivity contribution in [1.82, 2.24) is 0 Å². The van der Waals surface area contributed by atoms with Gasteiger partial charge in [0.25, 0.3) is 0 Å². The Bertz CT molecular complexity index is 912. The highest BCUT2D eigenvalue weighted by atomic mass is 35.5. The van der Waals surface area contributed by atoms with Crippen LogP contribution in [0, 0.1) is 0 Å². The van der Waals surface area contributed by atoms with E-state index in [0.29, 0.717) is 34.6 Å². The van der Waals surface area contributed by atoms with Crippen LogP contribution in [0.1, 0.15) is 42.5 Å². The molecule has 0 heterocycles. The molecule has 0 spiro atoms. The number of carbonyl (C=O) groups is 2. The maximum Gasteiger partial charge on any atom is 0.330 e. The molecule has 0 aromatic heterocycles. The summed E-state index contributed by atoms with van der Waals surface area (Å²) in [5, 5.41) is 20.7. The molecule has 2 aromatic rings. The van der Waals surface area contributed by atoms with E-state index in [9.17, 15) is 19.8 Å². The van der Waals surface area contributed by atoms with Gasteiger partial charge in [-0.2, -0.15) is 0 Å². The summed E-state index contributed by atoms with van der Waals surface area (Å²) in [5.74, 6) is -2.76. The van der Waals surface area contributed by atoms with Crippen molar-refractivity contribution in [3.8, 4) is 0 Å². The van der Waals surface area contributed by atoms with Crippen LogP contribution < -0.4 is 0 Å². The van der Waals surface area contributed by atoms with Gasteiger partial charge in [0.05, 0.1) is 0 Å². The number of hydrogen-bond acceptors (Lipinski definition) is 2. The summed E-state index contributed by atoms with van der Waals surface area (Å²) in [5.41, 5.74) is 1.58.